The molecule has 2 atom stereocenters. The van der Waals surface area contributed by atoms with Gasteiger partial charge in [0.25, 0.3) is 0 Å². The Balaban J connectivity index is 5.52. The second-order valence-corrected chi connectivity index (χ2v) is 6.31. The van der Waals surface area contributed by atoms with Crippen LogP contribution in [0.15, 0.2) is 0 Å². The zero-order valence-corrected chi connectivity index (χ0v) is 14.0. The van der Waals surface area contributed by atoms with Gasteiger partial charge in [-0.2, -0.15) is 25.3 Å². The van der Waals surface area contributed by atoms with Crippen molar-refractivity contribution in [3.05, 3.63) is 0 Å². The van der Waals surface area contributed by atoms with Crippen LogP contribution in [0.1, 0.15) is 20.3 Å². The lowest BCUT2D eigenvalue weighted by Crippen LogP contribution is -2.62. The smallest absolute Gasteiger partial charge is 0.332 e. The van der Waals surface area contributed by atoms with E-state index in [1.54, 1.807) is 0 Å². The normalized spacial score (nSPS) is 17.2. The van der Waals surface area contributed by atoms with Crippen LogP contribution in [0.25, 0.3) is 0 Å². The second kappa shape index (κ2) is 6.99. The number of aliphatic carboxylic acids is 2. The highest BCUT2D eigenvalue weighted by molar-refractivity contribution is 7.80. The number of carbonyl (C=O) groups excluding carboxylic acids is 2. The molecule has 0 heterocycles. The van der Waals surface area contributed by atoms with Gasteiger partial charge in [-0.3, -0.25) is 9.59 Å². The minimum Gasteiger partial charge on any atom is -0.480 e. The molecule has 0 saturated heterocycles. The molecule has 0 aromatic heterocycles. The molecule has 0 aliphatic rings. The molecule has 0 spiro atoms. The van der Waals surface area contributed by atoms with Gasteiger partial charge >= 0.3 is 11.9 Å². The minimum atomic E-state index is -2.28. The summed E-state index contributed by atoms with van der Waals surface area (Å²) in [6, 6.07) is 0. The molecule has 0 fully saturated rings. The van der Waals surface area contributed by atoms with Crippen molar-refractivity contribution < 1.29 is 29.4 Å². The second-order valence-electron chi connectivity index (χ2n) is 5.68. The highest BCUT2D eigenvalue weighted by Crippen LogP contribution is 2.30. The average molecular weight is 352 g/mol. The summed E-state index contributed by atoms with van der Waals surface area (Å²) >= 11 is 7.51. The van der Waals surface area contributed by atoms with Crippen LogP contribution in [0.5, 0.6) is 0 Å². The first-order chi connectivity index (χ1) is 9.79. The van der Waals surface area contributed by atoms with Gasteiger partial charge in [-0.05, 0) is 0 Å². The summed E-state index contributed by atoms with van der Waals surface area (Å²) in [7, 11) is 0. The van der Waals surface area contributed by atoms with Crippen LogP contribution in [0, 0.1) is 5.41 Å². The summed E-state index contributed by atoms with van der Waals surface area (Å²) in [5.41, 5.74) is 4.96. The molecule has 0 saturated carbocycles. The van der Waals surface area contributed by atoms with Crippen molar-refractivity contribution in [1.82, 2.24) is 0 Å². The van der Waals surface area contributed by atoms with Gasteiger partial charge < -0.3 is 21.7 Å². The highest BCUT2D eigenvalue weighted by atomic mass is 32.1. The first-order valence-electron chi connectivity index (χ1n) is 6.14. The van der Waals surface area contributed by atoms with Gasteiger partial charge in [-0.1, -0.05) is 13.8 Å². The lowest BCUT2D eigenvalue weighted by Gasteiger charge is -2.33. The molecule has 8 nitrogen and oxygen atoms in total. The number of thiol groups is 2. The number of hydrogen-bond donors (Lipinski definition) is 6. The van der Waals surface area contributed by atoms with E-state index in [-0.39, 0.29) is 0 Å². The van der Waals surface area contributed by atoms with Crippen LogP contribution in [0.2, 0.25) is 0 Å². The SMILES string of the molecule is CC(C)(CC(=O)C(N)(CS)C(=O)O)C(=O)C(N)(CS)C(=O)O. The van der Waals surface area contributed by atoms with E-state index < -0.39 is 57.9 Å². The molecule has 0 radical (unpaired) electrons. The molecule has 0 aliphatic carbocycles. The van der Waals surface area contributed by atoms with Crippen molar-refractivity contribution in [2.75, 3.05) is 11.5 Å². The Morgan fingerprint density at radius 1 is 0.909 bits per heavy atom. The van der Waals surface area contributed by atoms with Crippen LogP contribution in [0.4, 0.5) is 0 Å². The maximum atomic E-state index is 12.4. The van der Waals surface area contributed by atoms with Gasteiger partial charge in [0.2, 0.25) is 0 Å². The monoisotopic (exact) mass is 352 g/mol. The number of rotatable bonds is 9. The molecule has 0 rings (SSSR count). The molecule has 0 aromatic carbocycles. The molecule has 10 heteroatoms. The zero-order valence-electron chi connectivity index (χ0n) is 12.2. The van der Waals surface area contributed by atoms with Crippen molar-refractivity contribution in [2.45, 2.75) is 31.3 Å². The summed E-state index contributed by atoms with van der Waals surface area (Å²) < 4.78 is 0. The van der Waals surface area contributed by atoms with Crippen LogP contribution in [-0.2, 0) is 19.2 Å². The van der Waals surface area contributed by atoms with Crippen molar-refractivity contribution in [1.29, 1.82) is 0 Å². The fraction of sp³-hybridized carbons (Fsp3) is 0.667. The lowest BCUT2D eigenvalue weighted by atomic mass is 9.72. The third-order valence-electron chi connectivity index (χ3n) is 3.38. The van der Waals surface area contributed by atoms with Crippen LogP contribution >= 0.6 is 25.3 Å². The standard InChI is InChI=1S/C12H20N2O6S2/c1-10(2,7(16)12(14,5-22)9(19)20)3-6(15)11(13,4-21)8(17)18/h21-22H,3-5,13-14H2,1-2H3,(H,17,18)(H,19,20). The van der Waals surface area contributed by atoms with E-state index in [1.807, 2.05) is 0 Å². The predicted molar refractivity (Wildman–Crippen MR) is 85.2 cm³/mol. The minimum absolute atomic E-state index is 0.468. The molecule has 0 aliphatic heterocycles. The summed E-state index contributed by atoms with van der Waals surface area (Å²) in [6.45, 7) is 2.59. The summed E-state index contributed by atoms with van der Waals surface area (Å²) in [5, 5.41) is 18.1. The molecular formula is C12H20N2O6S2. The molecule has 126 valence electrons. The van der Waals surface area contributed by atoms with Gasteiger partial charge in [0.15, 0.2) is 22.6 Å². The number of nitrogens with two attached hydrogens (primary N) is 2. The van der Waals surface area contributed by atoms with E-state index in [4.69, 9.17) is 21.7 Å². The van der Waals surface area contributed by atoms with Crippen LogP contribution < -0.4 is 11.5 Å². The largest absolute Gasteiger partial charge is 0.480 e. The number of carboxylic acid groups (broad SMARTS) is 2. The Morgan fingerprint density at radius 3 is 1.55 bits per heavy atom. The van der Waals surface area contributed by atoms with E-state index >= 15 is 0 Å². The van der Waals surface area contributed by atoms with E-state index in [0.717, 1.165) is 0 Å². The molecule has 6 N–H and O–H groups in total. The highest BCUT2D eigenvalue weighted by Gasteiger charge is 2.51. The van der Waals surface area contributed by atoms with Gasteiger partial charge in [0.05, 0.1) is 0 Å². The number of hydrogen-bond acceptors (Lipinski definition) is 8. The molecular weight excluding hydrogens is 332 g/mol. The first kappa shape index (κ1) is 20.9. The van der Waals surface area contributed by atoms with E-state index in [9.17, 15) is 19.2 Å². The zero-order chi connectivity index (χ0) is 17.9. The van der Waals surface area contributed by atoms with Gasteiger partial charge in [0, 0.05) is 23.3 Å². The number of Topliss-reactive ketones (excluding diaryl/α,β-unsaturated/α-hetero) is 2. The maximum Gasteiger partial charge on any atom is 0.332 e. The first-order valence-corrected chi connectivity index (χ1v) is 7.40. The Hall–Kier alpha value is -1.10. The van der Waals surface area contributed by atoms with Gasteiger partial charge in [-0.25, -0.2) is 9.59 Å². The number of carbonyl (C=O) groups is 4. The third kappa shape index (κ3) is 3.80. The van der Waals surface area contributed by atoms with E-state index in [2.05, 4.69) is 25.3 Å². The molecule has 0 aromatic rings. The average Bonchev–Trinajstić information content (AvgIpc) is 2.43. The third-order valence-corrected chi connectivity index (χ3v) is 4.38. The molecule has 0 amide bonds. The van der Waals surface area contributed by atoms with Crippen molar-refractivity contribution in [3.63, 3.8) is 0 Å². The lowest BCUT2D eigenvalue weighted by molar-refractivity contribution is -0.154. The van der Waals surface area contributed by atoms with Gasteiger partial charge in [0.1, 0.15) is 0 Å². The Morgan fingerprint density at radius 2 is 1.27 bits per heavy atom. The molecule has 2 unspecified atom stereocenters. The molecule has 22 heavy (non-hydrogen) atoms. The Labute approximate surface area is 138 Å². The summed E-state index contributed by atoms with van der Waals surface area (Å²) in [4.78, 5) is 46.8. The van der Waals surface area contributed by atoms with Crippen molar-refractivity contribution in [2.24, 2.45) is 16.9 Å². The summed E-state index contributed by atoms with van der Waals surface area (Å²) in [5.74, 6) is -5.99. The topological polar surface area (TPSA) is 161 Å². The van der Waals surface area contributed by atoms with Gasteiger partial charge in [-0.15, -0.1) is 0 Å². The number of carboxylic acids is 2. The van der Waals surface area contributed by atoms with Crippen molar-refractivity contribution in [3.8, 4) is 0 Å². The Kier molecular flexibility index (Phi) is 6.64. The quantitative estimate of drug-likeness (QED) is 0.227. The van der Waals surface area contributed by atoms with E-state index in [0.29, 0.717) is 0 Å². The van der Waals surface area contributed by atoms with Crippen LogP contribution in [0.3, 0.4) is 0 Å². The fourth-order valence-electron chi connectivity index (χ4n) is 1.75. The van der Waals surface area contributed by atoms with Crippen LogP contribution in [-0.4, -0.2) is 56.3 Å². The van der Waals surface area contributed by atoms with E-state index in [1.165, 1.54) is 13.8 Å². The Bertz CT molecular complexity index is 510. The fourth-order valence-corrected chi connectivity index (χ4v) is 2.35. The predicted octanol–water partition coefficient (Wildman–Crippen LogP) is -1.04. The number of ketones is 2. The summed E-state index contributed by atoms with van der Waals surface area (Å²) in [6.07, 6.45) is -0.588. The maximum absolute atomic E-state index is 12.4. The van der Waals surface area contributed by atoms with Crippen molar-refractivity contribution >= 4 is 48.8 Å². The molecule has 0 bridgehead atoms.